The molecule has 0 aliphatic rings. The van der Waals surface area contributed by atoms with Crippen LogP contribution < -0.4 is 4.74 Å². The molecule has 0 aliphatic carbocycles. The molecule has 0 aliphatic heterocycles. The smallest absolute Gasteiger partial charge is 0.339 e. The van der Waals surface area contributed by atoms with Crippen LogP contribution in [0.25, 0.3) is 0 Å². The van der Waals surface area contributed by atoms with Crippen molar-refractivity contribution in [2.45, 2.75) is 20.0 Å². The van der Waals surface area contributed by atoms with Gasteiger partial charge in [0.05, 0.1) is 13.2 Å². The van der Waals surface area contributed by atoms with Crippen LogP contribution in [0, 0.1) is 0 Å². The van der Waals surface area contributed by atoms with Gasteiger partial charge in [-0.25, -0.2) is 4.79 Å². The van der Waals surface area contributed by atoms with E-state index in [1.54, 1.807) is 12.1 Å². The minimum Gasteiger partial charge on any atom is -0.490 e. The van der Waals surface area contributed by atoms with Crippen LogP contribution in [0.15, 0.2) is 78.9 Å². The monoisotopic (exact) mass is 447 g/mol. The SMILES string of the molecule is CCOCCOc1ccc(C(=O)CN(Cc2ccccc2)Cc2ccccc2)cc1C(=O)O. The fourth-order valence-electron chi connectivity index (χ4n) is 3.50. The van der Waals surface area contributed by atoms with Gasteiger partial charge in [0.1, 0.15) is 17.9 Å². The molecule has 3 aromatic rings. The molecule has 3 aromatic carbocycles. The van der Waals surface area contributed by atoms with E-state index in [1.165, 1.54) is 6.07 Å². The van der Waals surface area contributed by atoms with E-state index in [0.717, 1.165) is 11.1 Å². The molecule has 3 rings (SSSR count). The summed E-state index contributed by atoms with van der Waals surface area (Å²) in [6, 6.07) is 24.5. The van der Waals surface area contributed by atoms with E-state index < -0.39 is 5.97 Å². The van der Waals surface area contributed by atoms with Gasteiger partial charge in [0.2, 0.25) is 0 Å². The molecule has 0 fully saturated rings. The molecule has 0 saturated carbocycles. The molecule has 6 heteroatoms. The normalized spacial score (nSPS) is 10.8. The zero-order chi connectivity index (χ0) is 23.5. The number of aromatic carboxylic acids is 1. The number of carbonyl (C=O) groups excluding carboxylic acids is 1. The molecule has 1 N–H and O–H groups in total. The first-order valence-electron chi connectivity index (χ1n) is 11.0. The number of hydrogen-bond donors (Lipinski definition) is 1. The van der Waals surface area contributed by atoms with E-state index in [2.05, 4.69) is 4.90 Å². The van der Waals surface area contributed by atoms with Gasteiger partial charge in [-0.1, -0.05) is 60.7 Å². The van der Waals surface area contributed by atoms with Crippen LogP contribution in [-0.4, -0.2) is 48.1 Å². The third-order valence-corrected chi connectivity index (χ3v) is 5.09. The van der Waals surface area contributed by atoms with Gasteiger partial charge in [0, 0.05) is 25.3 Å². The number of rotatable bonds is 13. The van der Waals surface area contributed by atoms with Gasteiger partial charge in [-0.3, -0.25) is 9.69 Å². The summed E-state index contributed by atoms with van der Waals surface area (Å²) in [5.74, 6) is -1.06. The Balaban J connectivity index is 1.75. The molecule has 0 atom stereocenters. The van der Waals surface area contributed by atoms with Crippen molar-refractivity contribution in [2.75, 3.05) is 26.4 Å². The predicted octanol–water partition coefficient (Wildman–Crippen LogP) is 4.69. The lowest BCUT2D eigenvalue weighted by molar-refractivity contribution is 0.0687. The Morgan fingerprint density at radius 2 is 1.45 bits per heavy atom. The second-order valence-electron chi connectivity index (χ2n) is 7.60. The number of carboxylic acids is 1. The first-order valence-corrected chi connectivity index (χ1v) is 11.0. The number of hydrogen-bond acceptors (Lipinski definition) is 5. The van der Waals surface area contributed by atoms with E-state index in [0.29, 0.717) is 31.9 Å². The lowest BCUT2D eigenvalue weighted by Gasteiger charge is -2.22. The first kappa shape index (κ1) is 24.2. The van der Waals surface area contributed by atoms with Gasteiger partial charge in [0.15, 0.2) is 5.78 Å². The highest BCUT2D eigenvalue weighted by Gasteiger charge is 2.18. The third-order valence-electron chi connectivity index (χ3n) is 5.09. The van der Waals surface area contributed by atoms with Gasteiger partial charge < -0.3 is 14.6 Å². The van der Waals surface area contributed by atoms with E-state index >= 15 is 0 Å². The zero-order valence-electron chi connectivity index (χ0n) is 18.8. The minimum absolute atomic E-state index is 0.0324. The van der Waals surface area contributed by atoms with Gasteiger partial charge >= 0.3 is 5.97 Å². The summed E-state index contributed by atoms with van der Waals surface area (Å²) in [4.78, 5) is 26.9. The van der Waals surface area contributed by atoms with Crippen molar-refractivity contribution < 1.29 is 24.2 Å². The number of ketones is 1. The molecule has 0 spiro atoms. The highest BCUT2D eigenvalue weighted by atomic mass is 16.5. The summed E-state index contributed by atoms with van der Waals surface area (Å²) >= 11 is 0. The van der Waals surface area contributed by atoms with Crippen molar-refractivity contribution in [3.05, 3.63) is 101 Å². The minimum atomic E-state index is -1.14. The molecule has 0 aromatic heterocycles. The molecule has 0 amide bonds. The summed E-state index contributed by atoms with van der Waals surface area (Å²) < 4.78 is 10.8. The van der Waals surface area contributed by atoms with Crippen LogP contribution in [0.2, 0.25) is 0 Å². The number of benzene rings is 3. The van der Waals surface area contributed by atoms with E-state index in [4.69, 9.17) is 9.47 Å². The van der Waals surface area contributed by atoms with Crippen molar-refractivity contribution in [3.63, 3.8) is 0 Å². The third kappa shape index (κ3) is 7.56. The van der Waals surface area contributed by atoms with Crippen molar-refractivity contribution >= 4 is 11.8 Å². The molecule has 0 heterocycles. The Bertz CT molecular complexity index is 995. The lowest BCUT2D eigenvalue weighted by atomic mass is 10.0. The van der Waals surface area contributed by atoms with E-state index in [9.17, 15) is 14.7 Å². The highest BCUT2D eigenvalue weighted by Crippen LogP contribution is 2.21. The average molecular weight is 448 g/mol. The largest absolute Gasteiger partial charge is 0.490 e. The Kier molecular flexibility index (Phi) is 9.18. The van der Waals surface area contributed by atoms with Crippen molar-refractivity contribution in [2.24, 2.45) is 0 Å². The molecule has 33 heavy (non-hydrogen) atoms. The Labute approximate surface area is 194 Å². The van der Waals surface area contributed by atoms with Crippen LogP contribution >= 0.6 is 0 Å². The summed E-state index contributed by atoms with van der Waals surface area (Å²) in [6.45, 7) is 4.41. The lowest BCUT2D eigenvalue weighted by Crippen LogP contribution is -2.29. The molecule has 0 unspecified atom stereocenters. The van der Waals surface area contributed by atoms with Gasteiger partial charge in [-0.05, 0) is 36.2 Å². The quantitative estimate of drug-likeness (QED) is 0.303. The zero-order valence-corrected chi connectivity index (χ0v) is 18.8. The molecular weight excluding hydrogens is 418 g/mol. The van der Waals surface area contributed by atoms with Crippen LogP contribution in [0.1, 0.15) is 38.8 Å². The molecule has 0 radical (unpaired) electrons. The first-order chi connectivity index (χ1) is 16.1. The molecule has 172 valence electrons. The fourth-order valence-corrected chi connectivity index (χ4v) is 3.50. The average Bonchev–Trinajstić information content (AvgIpc) is 2.83. The maximum absolute atomic E-state index is 13.1. The number of carbonyl (C=O) groups is 2. The van der Waals surface area contributed by atoms with Gasteiger partial charge in [-0.15, -0.1) is 0 Å². The Morgan fingerprint density at radius 3 is 2.00 bits per heavy atom. The number of Topliss-reactive ketones (excluding diaryl/α,β-unsaturated/α-hetero) is 1. The number of nitrogens with zero attached hydrogens (tertiary/aromatic N) is 1. The van der Waals surface area contributed by atoms with Gasteiger partial charge in [0.25, 0.3) is 0 Å². The summed E-state index contributed by atoms with van der Waals surface area (Å²) in [5.41, 5.74) is 2.52. The number of ether oxygens (including phenoxy) is 2. The standard InChI is InChI=1S/C27H29NO5/c1-2-32-15-16-33-26-14-13-23(17-24(26)27(30)31)25(29)20-28(18-21-9-5-3-6-10-21)19-22-11-7-4-8-12-22/h3-14,17H,2,15-16,18-20H2,1H3,(H,30,31). The van der Waals surface area contributed by atoms with Crippen LogP contribution in [0.3, 0.4) is 0 Å². The molecule has 0 saturated heterocycles. The molecule has 0 bridgehead atoms. The van der Waals surface area contributed by atoms with Crippen molar-refractivity contribution in [3.8, 4) is 5.75 Å². The van der Waals surface area contributed by atoms with Gasteiger partial charge in [-0.2, -0.15) is 0 Å². The summed E-state index contributed by atoms with van der Waals surface area (Å²) in [7, 11) is 0. The Hall–Kier alpha value is -3.48. The second kappa shape index (κ2) is 12.5. The number of carboxylic acid groups (broad SMARTS) is 1. The topological polar surface area (TPSA) is 76.1 Å². The predicted molar refractivity (Wildman–Crippen MR) is 127 cm³/mol. The van der Waals surface area contributed by atoms with E-state index in [1.807, 2.05) is 67.6 Å². The summed E-state index contributed by atoms with van der Waals surface area (Å²) in [6.07, 6.45) is 0. The molecular formula is C27H29NO5. The van der Waals surface area contributed by atoms with Crippen molar-refractivity contribution in [1.29, 1.82) is 0 Å². The Morgan fingerprint density at radius 1 is 0.848 bits per heavy atom. The molecule has 6 nitrogen and oxygen atoms in total. The maximum atomic E-state index is 13.1. The summed E-state index contributed by atoms with van der Waals surface area (Å²) in [5, 5.41) is 9.61. The van der Waals surface area contributed by atoms with Crippen LogP contribution in [0.5, 0.6) is 5.75 Å². The maximum Gasteiger partial charge on any atom is 0.339 e. The van der Waals surface area contributed by atoms with Crippen molar-refractivity contribution in [1.82, 2.24) is 4.90 Å². The van der Waals surface area contributed by atoms with Crippen LogP contribution in [0.4, 0.5) is 0 Å². The van der Waals surface area contributed by atoms with E-state index in [-0.39, 0.29) is 30.2 Å². The van der Waals surface area contributed by atoms with Crippen LogP contribution in [-0.2, 0) is 17.8 Å². The fraction of sp³-hybridized carbons (Fsp3) is 0.259. The second-order valence-corrected chi connectivity index (χ2v) is 7.60. The highest BCUT2D eigenvalue weighted by molar-refractivity contribution is 6.01.